The second-order valence-corrected chi connectivity index (χ2v) is 6.73. The van der Waals surface area contributed by atoms with E-state index in [1.54, 1.807) is 12.1 Å². The van der Waals surface area contributed by atoms with Crippen LogP contribution in [0.15, 0.2) is 64.2 Å². The van der Waals surface area contributed by atoms with Gasteiger partial charge in [-0.15, -0.1) is 15.3 Å². The molecule has 7 nitrogen and oxygen atoms in total. The number of thioether (sulfide) groups is 1. The lowest BCUT2D eigenvalue weighted by Gasteiger charge is -2.07. The van der Waals surface area contributed by atoms with Crippen molar-refractivity contribution in [3.05, 3.63) is 66.3 Å². The summed E-state index contributed by atoms with van der Waals surface area (Å²) in [6.45, 7) is 1.91. The lowest BCUT2D eigenvalue weighted by Crippen LogP contribution is -2.00. The van der Waals surface area contributed by atoms with Gasteiger partial charge in [0.05, 0.1) is 10.9 Å². The number of nitrogens with zero attached hydrogens (tertiary/aromatic N) is 6. The highest BCUT2D eigenvalue weighted by atomic mass is 32.2. The zero-order valence-electron chi connectivity index (χ0n) is 13.7. The number of tetrazole rings is 1. The number of aromatic nitrogens is 6. The fraction of sp³-hybridized carbons (Fsp3) is 0.118. The van der Waals surface area contributed by atoms with Crippen LogP contribution in [-0.4, -0.2) is 30.4 Å². The predicted molar refractivity (Wildman–Crippen MR) is 93.1 cm³/mol. The first-order valence-corrected chi connectivity index (χ1v) is 8.68. The molecule has 0 aliphatic rings. The molecule has 0 aliphatic carbocycles. The summed E-state index contributed by atoms with van der Waals surface area (Å²) < 4.78 is 20.7. The van der Waals surface area contributed by atoms with Crippen LogP contribution in [0.2, 0.25) is 0 Å². The van der Waals surface area contributed by atoms with Crippen LogP contribution in [0.3, 0.4) is 0 Å². The van der Waals surface area contributed by atoms with Crippen LogP contribution < -0.4 is 0 Å². The van der Waals surface area contributed by atoms with Crippen molar-refractivity contribution in [2.24, 2.45) is 0 Å². The van der Waals surface area contributed by atoms with Crippen molar-refractivity contribution in [1.29, 1.82) is 0 Å². The Morgan fingerprint density at radius 2 is 1.88 bits per heavy atom. The number of hydrogen-bond acceptors (Lipinski definition) is 7. The highest BCUT2D eigenvalue weighted by Gasteiger charge is 2.20. The van der Waals surface area contributed by atoms with Crippen molar-refractivity contribution >= 4 is 11.8 Å². The van der Waals surface area contributed by atoms with Crippen LogP contribution in [0, 0.1) is 5.82 Å². The maximum absolute atomic E-state index is 13.5. The maximum Gasteiger partial charge on any atom is 0.247 e. The highest BCUT2D eigenvalue weighted by Crippen LogP contribution is 2.34. The average molecular weight is 368 g/mol. The van der Waals surface area contributed by atoms with Gasteiger partial charge in [0.1, 0.15) is 5.82 Å². The Morgan fingerprint density at radius 3 is 2.69 bits per heavy atom. The molecule has 0 spiro atoms. The molecular weight excluding hydrogens is 355 g/mol. The first kappa shape index (κ1) is 16.4. The van der Waals surface area contributed by atoms with E-state index in [-0.39, 0.29) is 11.1 Å². The van der Waals surface area contributed by atoms with Crippen LogP contribution in [0.4, 0.5) is 4.39 Å². The molecule has 1 atom stereocenters. The molecule has 2 heterocycles. The van der Waals surface area contributed by atoms with Crippen molar-refractivity contribution in [2.75, 3.05) is 0 Å². The second-order valence-electron chi connectivity index (χ2n) is 5.42. The average Bonchev–Trinajstić information content (AvgIpc) is 3.32. The molecule has 0 N–H and O–H groups in total. The Labute approximate surface area is 152 Å². The van der Waals surface area contributed by atoms with E-state index in [1.165, 1.54) is 28.6 Å². The zero-order chi connectivity index (χ0) is 17.9. The van der Waals surface area contributed by atoms with Gasteiger partial charge in [0.2, 0.25) is 16.9 Å². The number of rotatable bonds is 5. The van der Waals surface area contributed by atoms with Gasteiger partial charge in [-0.25, -0.2) is 4.39 Å². The first-order chi connectivity index (χ1) is 12.7. The Balaban J connectivity index is 1.56. The van der Waals surface area contributed by atoms with Crippen LogP contribution in [-0.2, 0) is 0 Å². The predicted octanol–water partition coefficient (Wildman–Crippen LogP) is 3.70. The standard InChI is InChI=1S/C17H13FN6OS/c1-11(15-19-20-16(25-15)12-6-3-2-4-7-12)26-17-21-22-23-24(17)14-9-5-8-13(18)10-14/h2-11H,1H3/t11-/m0/s1. The molecule has 2 aromatic carbocycles. The second kappa shape index (κ2) is 7.04. The summed E-state index contributed by atoms with van der Waals surface area (Å²) in [5.74, 6) is 0.562. The fourth-order valence-corrected chi connectivity index (χ4v) is 3.16. The van der Waals surface area contributed by atoms with Crippen molar-refractivity contribution in [1.82, 2.24) is 30.4 Å². The summed E-state index contributed by atoms with van der Waals surface area (Å²) in [6, 6.07) is 15.6. The monoisotopic (exact) mass is 368 g/mol. The number of hydrogen-bond donors (Lipinski definition) is 0. The lowest BCUT2D eigenvalue weighted by molar-refractivity contribution is 0.508. The van der Waals surface area contributed by atoms with Gasteiger partial charge in [-0.3, -0.25) is 0 Å². The molecule has 0 aliphatic heterocycles. The largest absolute Gasteiger partial charge is 0.419 e. The lowest BCUT2D eigenvalue weighted by atomic mass is 10.2. The SMILES string of the molecule is C[C@H](Sc1nnnn1-c1cccc(F)c1)c1nnc(-c2ccccc2)o1. The molecule has 0 saturated carbocycles. The summed E-state index contributed by atoms with van der Waals surface area (Å²) >= 11 is 1.35. The molecule has 0 bridgehead atoms. The molecule has 0 saturated heterocycles. The third-order valence-corrected chi connectivity index (χ3v) is 4.61. The Morgan fingerprint density at radius 1 is 1.04 bits per heavy atom. The van der Waals surface area contributed by atoms with E-state index in [1.807, 2.05) is 37.3 Å². The molecule has 0 amide bonds. The van der Waals surface area contributed by atoms with Crippen LogP contribution in [0.1, 0.15) is 18.1 Å². The fourth-order valence-electron chi connectivity index (χ4n) is 2.33. The summed E-state index contributed by atoms with van der Waals surface area (Å²) in [4.78, 5) is 0. The minimum atomic E-state index is -0.355. The summed E-state index contributed by atoms with van der Waals surface area (Å²) in [7, 11) is 0. The zero-order valence-corrected chi connectivity index (χ0v) is 14.5. The summed E-state index contributed by atoms with van der Waals surface area (Å²) in [6.07, 6.45) is 0. The Hall–Kier alpha value is -3.07. The Kier molecular flexibility index (Phi) is 4.44. The van der Waals surface area contributed by atoms with Crippen molar-refractivity contribution < 1.29 is 8.81 Å². The van der Waals surface area contributed by atoms with Gasteiger partial charge in [0.25, 0.3) is 0 Å². The molecule has 0 radical (unpaired) electrons. The van der Waals surface area contributed by atoms with Gasteiger partial charge in [0, 0.05) is 5.56 Å². The molecular formula is C17H13FN6OS. The third kappa shape index (κ3) is 3.33. The molecule has 130 valence electrons. The smallest absolute Gasteiger partial charge is 0.247 e. The normalized spacial score (nSPS) is 12.2. The van der Waals surface area contributed by atoms with E-state index >= 15 is 0 Å². The van der Waals surface area contributed by atoms with E-state index in [2.05, 4.69) is 25.7 Å². The molecule has 0 unspecified atom stereocenters. The van der Waals surface area contributed by atoms with Crippen LogP contribution in [0.25, 0.3) is 17.1 Å². The molecule has 9 heteroatoms. The third-order valence-electron chi connectivity index (χ3n) is 3.58. The summed E-state index contributed by atoms with van der Waals surface area (Å²) in [5.41, 5.74) is 1.40. The summed E-state index contributed by atoms with van der Waals surface area (Å²) in [5, 5.41) is 20.1. The van der Waals surface area contributed by atoms with E-state index in [9.17, 15) is 4.39 Å². The van der Waals surface area contributed by atoms with Crippen molar-refractivity contribution in [2.45, 2.75) is 17.3 Å². The minimum Gasteiger partial charge on any atom is -0.419 e. The van der Waals surface area contributed by atoms with Crippen LogP contribution >= 0.6 is 11.8 Å². The van der Waals surface area contributed by atoms with Gasteiger partial charge >= 0.3 is 0 Å². The molecule has 4 rings (SSSR count). The van der Waals surface area contributed by atoms with Crippen molar-refractivity contribution in [3.63, 3.8) is 0 Å². The molecule has 4 aromatic rings. The van der Waals surface area contributed by atoms with Gasteiger partial charge in [0.15, 0.2) is 0 Å². The quantitative estimate of drug-likeness (QED) is 0.497. The number of halogens is 1. The van der Waals surface area contributed by atoms with E-state index in [0.29, 0.717) is 22.6 Å². The van der Waals surface area contributed by atoms with Gasteiger partial charge in [-0.2, -0.15) is 4.68 Å². The van der Waals surface area contributed by atoms with E-state index in [0.717, 1.165) is 5.56 Å². The first-order valence-electron chi connectivity index (χ1n) is 7.80. The van der Waals surface area contributed by atoms with Crippen LogP contribution in [0.5, 0.6) is 0 Å². The van der Waals surface area contributed by atoms with Gasteiger partial charge in [-0.1, -0.05) is 36.0 Å². The highest BCUT2D eigenvalue weighted by molar-refractivity contribution is 7.99. The Bertz CT molecular complexity index is 1020. The van der Waals surface area contributed by atoms with Crippen molar-refractivity contribution in [3.8, 4) is 17.1 Å². The molecule has 0 fully saturated rings. The van der Waals surface area contributed by atoms with Gasteiger partial charge < -0.3 is 4.42 Å². The molecule has 2 aromatic heterocycles. The topological polar surface area (TPSA) is 82.5 Å². The maximum atomic E-state index is 13.5. The minimum absolute atomic E-state index is 0.182. The van der Waals surface area contributed by atoms with E-state index < -0.39 is 0 Å². The van der Waals surface area contributed by atoms with E-state index in [4.69, 9.17) is 4.42 Å². The van der Waals surface area contributed by atoms with Gasteiger partial charge in [-0.05, 0) is 47.7 Å². The molecule has 26 heavy (non-hydrogen) atoms. The number of benzene rings is 2.